The molecule has 0 bridgehead atoms. The lowest BCUT2D eigenvalue weighted by Gasteiger charge is -2.20. The van der Waals surface area contributed by atoms with Crippen LogP contribution in [0.5, 0.6) is 0 Å². The molecular weight excluding hydrogens is 284 g/mol. The summed E-state index contributed by atoms with van der Waals surface area (Å²) >= 11 is 0. The second kappa shape index (κ2) is 7.31. The van der Waals surface area contributed by atoms with Crippen molar-refractivity contribution in [1.82, 2.24) is 15.5 Å². The maximum absolute atomic E-state index is 11.9. The van der Waals surface area contributed by atoms with Gasteiger partial charge in [-0.3, -0.25) is 4.79 Å². The molecule has 0 spiro atoms. The molecule has 10 heteroatoms. The molecule has 0 aromatic carbocycles. The topological polar surface area (TPSA) is 151 Å². The third kappa shape index (κ3) is 5.16. The van der Waals surface area contributed by atoms with Crippen LogP contribution in [0.2, 0.25) is 0 Å². The molecule has 1 unspecified atom stereocenters. The van der Waals surface area contributed by atoms with Crippen LogP contribution >= 0.6 is 0 Å². The number of nitrogens with two attached hydrogens (primary N) is 1. The summed E-state index contributed by atoms with van der Waals surface area (Å²) in [4.78, 5) is 46.0. The fraction of sp³-hybridized carbons (Fsp3) is 0.636. The van der Waals surface area contributed by atoms with Gasteiger partial charge in [-0.2, -0.15) is 0 Å². The van der Waals surface area contributed by atoms with E-state index in [1.807, 2.05) is 0 Å². The number of nitrogens with zero attached hydrogens (tertiary/aromatic N) is 1. The second-order valence-corrected chi connectivity index (χ2v) is 4.58. The Morgan fingerprint density at radius 1 is 1.43 bits per heavy atom. The van der Waals surface area contributed by atoms with Gasteiger partial charge in [0, 0.05) is 13.1 Å². The van der Waals surface area contributed by atoms with Crippen LogP contribution in [0.15, 0.2) is 0 Å². The van der Waals surface area contributed by atoms with Crippen molar-refractivity contribution < 1.29 is 29.0 Å². The molecule has 2 atom stereocenters. The molecule has 5 N–H and O–H groups in total. The van der Waals surface area contributed by atoms with Crippen LogP contribution < -0.4 is 16.4 Å². The monoisotopic (exact) mass is 302 g/mol. The van der Waals surface area contributed by atoms with Gasteiger partial charge in [0.1, 0.15) is 6.04 Å². The smallest absolute Gasteiger partial charge is 0.407 e. The molecule has 0 aromatic rings. The summed E-state index contributed by atoms with van der Waals surface area (Å²) in [6, 6.07) is -2.26. The van der Waals surface area contributed by atoms with Crippen LogP contribution in [0.4, 0.5) is 9.59 Å². The Morgan fingerprint density at radius 3 is 2.62 bits per heavy atom. The summed E-state index contributed by atoms with van der Waals surface area (Å²) in [5.74, 6) is -2.17. The zero-order valence-corrected chi connectivity index (χ0v) is 11.5. The summed E-state index contributed by atoms with van der Waals surface area (Å²) in [7, 11) is 1.23. The summed E-state index contributed by atoms with van der Waals surface area (Å²) in [5, 5.41) is 13.7. The minimum absolute atomic E-state index is 0.226. The molecule has 118 valence electrons. The number of carbonyl (C=O) groups is 4. The first-order chi connectivity index (χ1) is 9.83. The van der Waals surface area contributed by atoms with Gasteiger partial charge in [-0.05, 0) is 6.42 Å². The molecule has 0 aromatic heterocycles. The highest BCUT2D eigenvalue weighted by atomic mass is 16.5. The van der Waals surface area contributed by atoms with Gasteiger partial charge in [-0.25, -0.2) is 14.4 Å². The highest BCUT2D eigenvalue weighted by Gasteiger charge is 2.30. The first kappa shape index (κ1) is 16.5. The Balaban J connectivity index is 2.50. The molecule has 0 saturated carbocycles. The summed E-state index contributed by atoms with van der Waals surface area (Å²) in [5.41, 5.74) is 4.92. The van der Waals surface area contributed by atoms with Gasteiger partial charge in [0.25, 0.3) is 0 Å². The van der Waals surface area contributed by atoms with Crippen LogP contribution in [0.1, 0.15) is 12.8 Å². The first-order valence-electron chi connectivity index (χ1n) is 6.24. The molecular formula is C11H18N4O6. The number of hydrogen-bond acceptors (Lipinski definition) is 5. The van der Waals surface area contributed by atoms with E-state index in [0.29, 0.717) is 13.0 Å². The average molecular weight is 302 g/mol. The highest BCUT2D eigenvalue weighted by molar-refractivity contribution is 5.87. The zero-order valence-electron chi connectivity index (χ0n) is 11.5. The lowest BCUT2D eigenvalue weighted by atomic mass is 10.2. The number of aliphatic carboxylic acids is 1. The number of carboxylic acid groups (broad SMARTS) is 1. The molecule has 21 heavy (non-hydrogen) atoms. The Kier molecular flexibility index (Phi) is 5.76. The molecule has 1 aliphatic rings. The minimum Gasteiger partial charge on any atom is -0.480 e. The molecule has 0 radical (unpaired) electrons. The van der Waals surface area contributed by atoms with E-state index in [1.54, 1.807) is 0 Å². The van der Waals surface area contributed by atoms with Gasteiger partial charge in [0.05, 0.1) is 19.6 Å². The Labute approximate surface area is 120 Å². The Bertz CT molecular complexity index is 440. The van der Waals surface area contributed by atoms with Gasteiger partial charge in [-0.15, -0.1) is 0 Å². The van der Waals surface area contributed by atoms with Crippen molar-refractivity contribution in [3.05, 3.63) is 0 Å². The third-order valence-corrected chi connectivity index (χ3v) is 2.98. The van der Waals surface area contributed by atoms with Gasteiger partial charge < -0.3 is 31.1 Å². The average Bonchev–Trinajstić information content (AvgIpc) is 2.85. The fourth-order valence-electron chi connectivity index (χ4n) is 1.93. The standard InChI is InChI=1S/C11H18N4O6/c1-21-11(20)13-6-2-3-15(5-6)10(19)14-7(9(17)18)4-8(12)16/h6-7H,2-5H2,1H3,(H2,12,16)(H,13,20)(H,14,19)(H,17,18)/t6?,7-/m0/s1. The zero-order chi connectivity index (χ0) is 16.0. The number of ether oxygens (including phenoxy) is 1. The first-order valence-corrected chi connectivity index (χ1v) is 6.24. The van der Waals surface area contributed by atoms with Crippen LogP contribution in [0, 0.1) is 0 Å². The molecule has 1 aliphatic heterocycles. The molecule has 1 rings (SSSR count). The van der Waals surface area contributed by atoms with E-state index in [4.69, 9.17) is 10.8 Å². The second-order valence-electron chi connectivity index (χ2n) is 4.58. The summed E-state index contributed by atoms with van der Waals surface area (Å²) < 4.78 is 4.45. The molecule has 0 aliphatic carbocycles. The number of amides is 4. The van der Waals surface area contributed by atoms with Crippen LogP contribution in [-0.2, 0) is 14.3 Å². The van der Waals surface area contributed by atoms with Crippen molar-refractivity contribution in [2.24, 2.45) is 5.73 Å². The molecule has 1 saturated heterocycles. The number of rotatable bonds is 5. The number of likely N-dealkylation sites (tertiary alicyclic amines) is 1. The van der Waals surface area contributed by atoms with Gasteiger partial charge in [0.15, 0.2) is 0 Å². The number of urea groups is 1. The quantitative estimate of drug-likeness (QED) is 0.483. The highest BCUT2D eigenvalue weighted by Crippen LogP contribution is 2.10. The molecule has 4 amide bonds. The van der Waals surface area contributed by atoms with Gasteiger partial charge in [0.2, 0.25) is 5.91 Å². The Morgan fingerprint density at radius 2 is 2.10 bits per heavy atom. The molecule has 1 fully saturated rings. The maximum Gasteiger partial charge on any atom is 0.407 e. The van der Waals surface area contributed by atoms with Crippen molar-refractivity contribution in [1.29, 1.82) is 0 Å². The summed E-state index contributed by atoms with van der Waals surface area (Å²) in [6.07, 6.45) is -0.561. The van der Waals surface area contributed by atoms with Gasteiger partial charge >= 0.3 is 18.1 Å². The van der Waals surface area contributed by atoms with E-state index in [2.05, 4.69) is 15.4 Å². The number of alkyl carbamates (subject to hydrolysis) is 1. The van der Waals surface area contributed by atoms with Crippen molar-refractivity contribution in [3.63, 3.8) is 0 Å². The van der Waals surface area contributed by atoms with Crippen molar-refractivity contribution in [3.8, 4) is 0 Å². The number of hydrogen-bond donors (Lipinski definition) is 4. The van der Waals surface area contributed by atoms with Crippen molar-refractivity contribution in [2.75, 3.05) is 20.2 Å². The SMILES string of the molecule is COC(=O)NC1CCN(C(=O)N[C@@H](CC(N)=O)C(=O)O)C1. The van der Waals surface area contributed by atoms with Crippen molar-refractivity contribution >= 4 is 24.0 Å². The Hall–Kier alpha value is -2.52. The largest absolute Gasteiger partial charge is 0.480 e. The third-order valence-electron chi connectivity index (χ3n) is 2.98. The predicted octanol–water partition coefficient (Wildman–Crippen LogP) is -1.55. The summed E-state index contributed by atoms with van der Waals surface area (Å²) in [6.45, 7) is 0.577. The van der Waals surface area contributed by atoms with E-state index in [1.165, 1.54) is 12.0 Å². The van der Waals surface area contributed by atoms with E-state index >= 15 is 0 Å². The normalized spacial score (nSPS) is 18.7. The number of primary amides is 1. The molecule has 1 heterocycles. The fourth-order valence-corrected chi connectivity index (χ4v) is 1.93. The van der Waals surface area contributed by atoms with Crippen LogP contribution in [0.3, 0.4) is 0 Å². The van der Waals surface area contributed by atoms with E-state index in [-0.39, 0.29) is 12.6 Å². The van der Waals surface area contributed by atoms with Crippen LogP contribution in [0.25, 0.3) is 0 Å². The number of carbonyl (C=O) groups excluding carboxylic acids is 3. The lowest BCUT2D eigenvalue weighted by Crippen LogP contribution is -2.49. The van der Waals surface area contributed by atoms with E-state index < -0.39 is 36.5 Å². The molecule has 10 nitrogen and oxygen atoms in total. The number of carboxylic acids is 1. The maximum atomic E-state index is 11.9. The number of nitrogens with one attached hydrogen (secondary N) is 2. The van der Waals surface area contributed by atoms with E-state index in [0.717, 1.165) is 0 Å². The minimum atomic E-state index is -1.37. The van der Waals surface area contributed by atoms with E-state index in [9.17, 15) is 19.2 Å². The van der Waals surface area contributed by atoms with Gasteiger partial charge in [-0.1, -0.05) is 0 Å². The van der Waals surface area contributed by atoms with Crippen molar-refractivity contribution in [2.45, 2.75) is 24.9 Å². The number of methoxy groups -OCH3 is 1. The van der Waals surface area contributed by atoms with Crippen LogP contribution in [-0.4, -0.2) is 66.3 Å². The predicted molar refractivity (Wildman–Crippen MR) is 69.3 cm³/mol. The lowest BCUT2D eigenvalue weighted by molar-refractivity contribution is -0.140.